The Bertz CT molecular complexity index is 459. The summed E-state index contributed by atoms with van der Waals surface area (Å²) in [5.74, 6) is 0.149. The van der Waals surface area contributed by atoms with Crippen molar-refractivity contribution in [1.82, 2.24) is 0 Å². The van der Waals surface area contributed by atoms with Crippen LogP contribution in [0.5, 0.6) is 5.75 Å². The molecule has 0 radical (unpaired) electrons. The molecule has 3 rings (SSSR count). The number of rotatable bonds is 2. The molecular formula is C14H16O3. The summed E-state index contributed by atoms with van der Waals surface area (Å²) in [4.78, 5) is 11.7. The number of hydrogen-bond acceptors (Lipinski definition) is 2. The molecule has 90 valence electrons. The minimum absolute atomic E-state index is 0.683. The number of ether oxygens (including phenoxy) is 1. The van der Waals surface area contributed by atoms with Crippen molar-refractivity contribution < 1.29 is 14.6 Å². The largest absolute Gasteiger partial charge is 0.493 e. The molecule has 0 aromatic heterocycles. The van der Waals surface area contributed by atoms with Crippen LogP contribution in [0.2, 0.25) is 0 Å². The number of carboxylic acid groups (broad SMARTS) is 1. The fourth-order valence-electron chi connectivity index (χ4n) is 3.17. The summed E-state index contributed by atoms with van der Waals surface area (Å²) in [7, 11) is 0. The van der Waals surface area contributed by atoms with E-state index in [1.54, 1.807) is 0 Å². The van der Waals surface area contributed by atoms with Gasteiger partial charge in [0.1, 0.15) is 5.75 Å². The van der Waals surface area contributed by atoms with Crippen LogP contribution in [0.4, 0.5) is 0 Å². The van der Waals surface area contributed by atoms with Crippen molar-refractivity contribution in [1.29, 1.82) is 0 Å². The zero-order chi connectivity index (χ0) is 11.9. The molecule has 0 saturated heterocycles. The molecule has 17 heavy (non-hydrogen) atoms. The minimum Gasteiger partial charge on any atom is -0.493 e. The predicted molar refractivity (Wildman–Crippen MR) is 63.4 cm³/mol. The molecule has 1 aliphatic heterocycles. The summed E-state index contributed by atoms with van der Waals surface area (Å²) in [6, 6.07) is 5.94. The van der Waals surface area contributed by atoms with Gasteiger partial charge in [-0.05, 0) is 18.4 Å². The molecular weight excluding hydrogens is 216 g/mol. The third-order valence-electron chi connectivity index (χ3n) is 4.10. The lowest BCUT2D eigenvalue weighted by atomic mass is 9.78. The number of benzene rings is 1. The predicted octanol–water partition coefficient (Wildman–Crippen LogP) is 2.52. The lowest BCUT2D eigenvalue weighted by Crippen LogP contribution is -2.33. The average Bonchev–Trinajstić information content (AvgIpc) is 2.98. The number of carbonyl (C=O) groups is 1. The summed E-state index contributed by atoms with van der Waals surface area (Å²) in [5, 5.41) is 9.59. The maximum atomic E-state index is 11.7. The van der Waals surface area contributed by atoms with Gasteiger partial charge in [0.2, 0.25) is 0 Å². The van der Waals surface area contributed by atoms with E-state index in [1.807, 2.05) is 18.2 Å². The third-order valence-corrected chi connectivity index (χ3v) is 4.10. The second-order valence-electron chi connectivity index (χ2n) is 4.99. The van der Waals surface area contributed by atoms with Crippen LogP contribution in [0.1, 0.15) is 36.8 Å². The number of hydrogen-bond donors (Lipinski definition) is 1. The lowest BCUT2D eigenvalue weighted by Gasteiger charge is -2.26. The smallest absolute Gasteiger partial charge is 0.314 e. The van der Waals surface area contributed by atoms with Gasteiger partial charge in [0, 0.05) is 12.0 Å². The molecule has 1 heterocycles. The van der Waals surface area contributed by atoms with Gasteiger partial charge in [-0.1, -0.05) is 31.0 Å². The zero-order valence-corrected chi connectivity index (χ0v) is 9.74. The van der Waals surface area contributed by atoms with Crippen LogP contribution in [0.25, 0.3) is 0 Å². The first-order valence-corrected chi connectivity index (χ1v) is 6.23. The molecule has 3 nitrogen and oxygen atoms in total. The molecule has 0 unspecified atom stereocenters. The average molecular weight is 232 g/mol. The Hall–Kier alpha value is -1.51. The molecule has 3 heteroatoms. The molecule has 0 spiro atoms. The number of aliphatic carboxylic acids is 1. The monoisotopic (exact) mass is 232 g/mol. The van der Waals surface area contributed by atoms with E-state index in [9.17, 15) is 9.90 Å². The van der Waals surface area contributed by atoms with Crippen molar-refractivity contribution in [3.8, 4) is 5.75 Å². The SMILES string of the molecule is O=C(O)C1(c2cccc3c2OCC3)CCCC1. The Morgan fingerprint density at radius 2 is 2.06 bits per heavy atom. The first-order chi connectivity index (χ1) is 8.24. The van der Waals surface area contributed by atoms with Gasteiger partial charge >= 0.3 is 5.97 Å². The summed E-state index contributed by atoms with van der Waals surface area (Å²) in [6.07, 6.45) is 4.37. The first kappa shape index (κ1) is 10.6. The third kappa shape index (κ3) is 1.45. The lowest BCUT2D eigenvalue weighted by molar-refractivity contribution is -0.143. The Labute approximate surface area is 100 Å². The molecule has 0 atom stereocenters. The van der Waals surface area contributed by atoms with Gasteiger partial charge in [0.25, 0.3) is 0 Å². The second kappa shape index (κ2) is 3.76. The van der Waals surface area contributed by atoms with Crippen LogP contribution in [0.3, 0.4) is 0 Å². The highest BCUT2D eigenvalue weighted by Crippen LogP contribution is 2.47. The van der Waals surface area contributed by atoms with Crippen LogP contribution in [0, 0.1) is 0 Å². The summed E-state index contributed by atoms with van der Waals surface area (Å²) in [5.41, 5.74) is 1.36. The molecule has 0 amide bonds. The molecule has 1 aromatic carbocycles. The van der Waals surface area contributed by atoms with E-state index in [2.05, 4.69) is 0 Å². The molecule has 1 N–H and O–H groups in total. The van der Waals surface area contributed by atoms with Crippen molar-refractivity contribution in [2.24, 2.45) is 0 Å². The van der Waals surface area contributed by atoms with Gasteiger partial charge < -0.3 is 9.84 Å². The van der Waals surface area contributed by atoms with E-state index in [1.165, 1.54) is 0 Å². The quantitative estimate of drug-likeness (QED) is 0.852. The fourth-order valence-corrected chi connectivity index (χ4v) is 3.17. The highest BCUT2D eigenvalue weighted by molar-refractivity contribution is 5.83. The van der Waals surface area contributed by atoms with E-state index in [0.29, 0.717) is 6.61 Å². The number of carboxylic acids is 1. The fraction of sp³-hybridized carbons (Fsp3) is 0.500. The van der Waals surface area contributed by atoms with Gasteiger partial charge in [0.15, 0.2) is 0 Å². The standard InChI is InChI=1S/C14H16O3/c15-13(16)14(7-1-2-8-14)11-5-3-4-10-6-9-17-12(10)11/h3-5H,1-2,6-9H2,(H,15,16). The van der Waals surface area contributed by atoms with E-state index in [0.717, 1.165) is 49.0 Å². The Morgan fingerprint density at radius 1 is 1.29 bits per heavy atom. The first-order valence-electron chi connectivity index (χ1n) is 6.23. The number of fused-ring (bicyclic) bond motifs is 1. The Morgan fingerprint density at radius 3 is 2.76 bits per heavy atom. The van der Waals surface area contributed by atoms with Gasteiger partial charge in [-0.25, -0.2) is 0 Å². The van der Waals surface area contributed by atoms with Gasteiger partial charge in [0.05, 0.1) is 12.0 Å². The Balaban J connectivity index is 2.14. The highest BCUT2D eigenvalue weighted by atomic mass is 16.5. The summed E-state index contributed by atoms with van der Waals surface area (Å²) in [6.45, 7) is 0.683. The summed E-state index contributed by atoms with van der Waals surface area (Å²) >= 11 is 0. The molecule has 2 aliphatic rings. The zero-order valence-electron chi connectivity index (χ0n) is 9.74. The van der Waals surface area contributed by atoms with Crippen LogP contribution in [-0.4, -0.2) is 17.7 Å². The second-order valence-corrected chi connectivity index (χ2v) is 4.99. The highest BCUT2D eigenvalue weighted by Gasteiger charge is 2.45. The van der Waals surface area contributed by atoms with Gasteiger partial charge in [-0.3, -0.25) is 4.79 Å². The van der Waals surface area contributed by atoms with Crippen molar-refractivity contribution in [2.75, 3.05) is 6.61 Å². The molecule has 1 fully saturated rings. The van der Waals surface area contributed by atoms with E-state index in [4.69, 9.17) is 4.74 Å². The maximum absolute atomic E-state index is 11.7. The molecule has 1 aliphatic carbocycles. The minimum atomic E-state index is -0.699. The van der Waals surface area contributed by atoms with Crippen molar-refractivity contribution in [2.45, 2.75) is 37.5 Å². The maximum Gasteiger partial charge on any atom is 0.314 e. The van der Waals surface area contributed by atoms with E-state index < -0.39 is 11.4 Å². The van der Waals surface area contributed by atoms with Crippen molar-refractivity contribution >= 4 is 5.97 Å². The van der Waals surface area contributed by atoms with Crippen molar-refractivity contribution in [3.05, 3.63) is 29.3 Å². The molecule has 1 aromatic rings. The van der Waals surface area contributed by atoms with E-state index in [-0.39, 0.29) is 0 Å². The van der Waals surface area contributed by atoms with Gasteiger partial charge in [-0.15, -0.1) is 0 Å². The Kier molecular flexibility index (Phi) is 2.35. The van der Waals surface area contributed by atoms with Gasteiger partial charge in [-0.2, -0.15) is 0 Å². The van der Waals surface area contributed by atoms with Crippen LogP contribution in [-0.2, 0) is 16.6 Å². The topological polar surface area (TPSA) is 46.5 Å². The van der Waals surface area contributed by atoms with Crippen LogP contribution in [0.15, 0.2) is 18.2 Å². The van der Waals surface area contributed by atoms with Crippen LogP contribution < -0.4 is 4.74 Å². The molecule has 0 bridgehead atoms. The van der Waals surface area contributed by atoms with Crippen LogP contribution >= 0.6 is 0 Å². The van der Waals surface area contributed by atoms with E-state index >= 15 is 0 Å². The van der Waals surface area contributed by atoms with Crippen molar-refractivity contribution in [3.63, 3.8) is 0 Å². The normalized spacial score (nSPS) is 20.9. The molecule has 1 saturated carbocycles. The number of para-hydroxylation sites is 1. The summed E-state index contributed by atoms with van der Waals surface area (Å²) < 4.78 is 5.65.